The number of imidazole rings is 1. The molecule has 4 aromatic rings. The third kappa shape index (κ3) is 5.81. The molecule has 9 nitrogen and oxygen atoms in total. The molecule has 9 heteroatoms. The summed E-state index contributed by atoms with van der Waals surface area (Å²) in [6, 6.07) is 25.7. The molecule has 2 amide bonds. The molecule has 4 unspecified atom stereocenters. The summed E-state index contributed by atoms with van der Waals surface area (Å²) in [5.74, 6) is 0.128. The fourth-order valence-electron chi connectivity index (χ4n) is 7.87. The summed E-state index contributed by atoms with van der Waals surface area (Å²) in [4.78, 5) is 40.4. The van der Waals surface area contributed by atoms with Crippen LogP contribution in [0.15, 0.2) is 90.2 Å². The Morgan fingerprint density at radius 2 is 1.70 bits per heavy atom. The van der Waals surface area contributed by atoms with E-state index in [4.69, 9.17) is 0 Å². The second-order valence-electron chi connectivity index (χ2n) is 13.0. The van der Waals surface area contributed by atoms with Crippen molar-refractivity contribution in [2.24, 2.45) is 13.0 Å². The minimum Gasteiger partial charge on any atom is -0.356 e. The highest BCUT2D eigenvalue weighted by Gasteiger charge is 2.42. The highest BCUT2D eigenvalue weighted by Crippen LogP contribution is 2.43. The number of fused-ring (bicyclic) bond motifs is 2. The first kappa shape index (κ1) is 30.2. The van der Waals surface area contributed by atoms with Crippen molar-refractivity contribution in [1.82, 2.24) is 24.7 Å². The molecule has 0 spiro atoms. The van der Waals surface area contributed by atoms with Crippen LogP contribution in [0.4, 0.5) is 5.69 Å². The van der Waals surface area contributed by atoms with Gasteiger partial charge in [-0.15, -0.1) is 0 Å². The van der Waals surface area contributed by atoms with Crippen molar-refractivity contribution in [1.29, 1.82) is 0 Å². The SMILES string of the molecule is C=CC(=O)Nc1ccc2c(c1)n(C1CCN(Cc3ccc(C4NC5CCNC(=O)C5CC4c4ccccc4)cc3)CC1)c(=O)n2C. The van der Waals surface area contributed by atoms with Crippen LogP contribution in [-0.2, 0) is 23.2 Å². The first-order valence-electron chi connectivity index (χ1n) is 16.4. The molecule has 3 fully saturated rings. The smallest absolute Gasteiger partial charge is 0.329 e. The number of carbonyl (C=O) groups is 2. The molecule has 3 aliphatic heterocycles. The molecule has 3 N–H and O–H groups in total. The van der Waals surface area contributed by atoms with Gasteiger partial charge in [0.15, 0.2) is 0 Å². The van der Waals surface area contributed by atoms with Gasteiger partial charge in [-0.2, -0.15) is 0 Å². The number of benzene rings is 3. The van der Waals surface area contributed by atoms with Crippen molar-refractivity contribution in [3.8, 4) is 0 Å². The van der Waals surface area contributed by atoms with Gasteiger partial charge in [0.1, 0.15) is 0 Å². The molecule has 3 saturated heterocycles. The number of carbonyl (C=O) groups excluding carboxylic acids is 2. The average Bonchev–Trinajstić information content (AvgIpc) is 3.33. The lowest BCUT2D eigenvalue weighted by molar-refractivity contribution is -0.129. The van der Waals surface area contributed by atoms with E-state index in [-0.39, 0.29) is 47.5 Å². The van der Waals surface area contributed by atoms with Gasteiger partial charge in [-0.05, 0) is 66.6 Å². The average molecular weight is 619 g/mol. The normalized spacial score (nSPS) is 23.9. The molecular formula is C37H42N6O3. The first-order chi connectivity index (χ1) is 22.4. The number of piperidine rings is 3. The molecule has 7 rings (SSSR count). The number of nitrogens with zero attached hydrogens (tertiary/aromatic N) is 3. The molecule has 0 bridgehead atoms. The van der Waals surface area contributed by atoms with E-state index in [1.54, 1.807) is 11.6 Å². The molecule has 3 aliphatic rings. The van der Waals surface area contributed by atoms with Gasteiger partial charge in [0.2, 0.25) is 11.8 Å². The van der Waals surface area contributed by atoms with Crippen LogP contribution in [0.5, 0.6) is 0 Å². The Labute approximate surface area is 269 Å². The second-order valence-corrected chi connectivity index (χ2v) is 13.0. The van der Waals surface area contributed by atoms with E-state index in [1.165, 1.54) is 22.8 Å². The van der Waals surface area contributed by atoms with Crippen molar-refractivity contribution in [3.63, 3.8) is 0 Å². The number of aryl methyl sites for hydroxylation is 1. The molecule has 3 aromatic carbocycles. The summed E-state index contributed by atoms with van der Waals surface area (Å²) in [5, 5.41) is 9.77. The number of rotatable bonds is 7. The molecule has 1 aromatic heterocycles. The quantitative estimate of drug-likeness (QED) is 0.263. The predicted molar refractivity (Wildman–Crippen MR) is 181 cm³/mol. The lowest BCUT2D eigenvalue weighted by Crippen LogP contribution is -2.56. The number of nitrogens with one attached hydrogen (secondary N) is 3. The molecule has 0 radical (unpaired) electrons. The molecule has 238 valence electrons. The van der Waals surface area contributed by atoms with Crippen molar-refractivity contribution in [2.75, 3.05) is 25.0 Å². The van der Waals surface area contributed by atoms with Crippen LogP contribution < -0.4 is 21.6 Å². The minimum atomic E-state index is -0.275. The fraction of sp³-hybridized carbons (Fsp3) is 0.378. The van der Waals surface area contributed by atoms with Gasteiger partial charge in [-0.3, -0.25) is 23.6 Å². The summed E-state index contributed by atoms with van der Waals surface area (Å²) in [5.41, 5.74) is 6.13. The maximum atomic E-state index is 13.3. The Kier molecular flexibility index (Phi) is 8.36. The zero-order valence-electron chi connectivity index (χ0n) is 26.3. The Morgan fingerprint density at radius 3 is 2.43 bits per heavy atom. The Morgan fingerprint density at radius 1 is 0.935 bits per heavy atom. The van der Waals surface area contributed by atoms with E-state index in [1.807, 2.05) is 28.8 Å². The minimum absolute atomic E-state index is 0.00215. The van der Waals surface area contributed by atoms with E-state index in [0.29, 0.717) is 5.69 Å². The van der Waals surface area contributed by atoms with Crippen molar-refractivity contribution >= 4 is 28.5 Å². The van der Waals surface area contributed by atoms with Crippen molar-refractivity contribution in [3.05, 3.63) is 113 Å². The van der Waals surface area contributed by atoms with Crippen LogP contribution in [0.1, 0.15) is 60.4 Å². The van der Waals surface area contributed by atoms with Crippen LogP contribution >= 0.6 is 0 Å². The van der Waals surface area contributed by atoms with Gasteiger partial charge < -0.3 is 16.0 Å². The summed E-state index contributed by atoms with van der Waals surface area (Å²) in [7, 11) is 1.80. The Balaban J connectivity index is 1.03. The number of amides is 2. The van der Waals surface area contributed by atoms with Gasteiger partial charge in [-0.1, -0.05) is 61.2 Å². The Bertz CT molecular complexity index is 1800. The summed E-state index contributed by atoms with van der Waals surface area (Å²) in [6.07, 6.45) is 4.80. The molecule has 4 atom stereocenters. The van der Waals surface area contributed by atoms with E-state index in [9.17, 15) is 14.4 Å². The number of hydrogen-bond donors (Lipinski definition) is 3. The van der Waals surface area contributed by atoms with Crippen LogP contribution in [0, 0.1) is 5.92 Å². The van der Waals surface area contributed by atoms with E-state index in [0.717, 1.165) is 62.9 Å². The third-order valence-electron chi connectivity index (χ3n) is 10.3. The molecule has 4 heterocycles. The molecular weight excluding hydrogens is 576 g/mol. The summed E-state index contributed by atoms with van der Waals surface area (Å²) >= 11 is 0. The third-order valence-corrected chi connectivity index (χ3v) is 10.3. The van der Waals surface area contributed by atoms with Gasteiger partial charge in [-0.25, -0.2) is 4.79 Å². The zero-order valence-corrected chi connectivity index (χ0v) is 26.3. The fourth-order valence-corrected chi connectivity index (χ4v) is 7.87. The monoisotopic (exact) mass is 618 g/mol. The molecule has 0 aliphatic carbocycles. The van der Waals surface area contributed by atoms with E-state index < -0.39 is 0 Å². The van der Waals surface area contributed by atoms with Crippen LogP contribution in [0.2, 0.25) is 0 Å². The van der Waals surface area contributed by atoms with E-state index >= 15 is 0 Å². The number of likely N-dealkylation sites (tertiary alicyclic amines) is 1. The largest absolute Gasteiger partial charge is 0.356 e. The number of hydrogen-bond acceptors (Lipinski definition) is 5. The van der Waals surface area contributed by atoms with Crippen LogP contribution in [0.3, 0.4) is 0 Å². The summed E-state index contributed by atoms with van der Waals surface area (Å²) in [6.45, 7) is 6.92. The predicted octanol–water partition coefficient (Wildman–Crippen LogP) is 4.62. The lowest BCUT2D eigenvalue weighted by Gasteiger charge is -2.44. The van der Waals surface area contributed by atoms with Crippen molar-refractivity contribution in [2.45, 2.75) is 56.3 Å². The van der Waals surface area contributed by atoms with Crippen LogP contribution in [0.25, 0.3) is 11.0 Å². The summed E-state index contributed by atoms with van der Waals surface area (Å²) < 4.78 is 3.60. The zero-order chi connectivity index (χ0) is 31.8. The maximum absolute atomic E-state index is 13.3. The number of anilines is 1. The van der Waals surface area contributed by atoms with E-state index in [2.05, 4.69) is 76.0 Å². The highest BCUT2D eigenvalue weighted by atomic mass is 16.2. The standard InChI is InChI=1S/C37H42N6O3/c1-3-34(44)39-27-13-14-32-33(21-27)43(37(46)41(32)2)28-16-19-42(20-17-28)23-24-9-11-26(12-10-24)35-29(25-7-5-4-6-8-25)22-30-31(40-35)15-18-38-36(30)45/h3-14,21,28-31,35,40H,1,15-20,22-23H2,2H3,(H,38,45)(H,39,44). The number of aromatic nitrogens is 2. The van der Waals surface area contributed by atoms with Gasteiger partial charge in [0, 0.05) is 63.0 Å². The first-order valence-corrected chi connectivity index (χ1v) is 16.4. The van der Waals surface area contributed by atoms with Crippen LogP contribution in [-0.4, -0.2) is 51.5 Å². The topological polar surface area (TPSA) is 100 Å². The second kappa shape index (κ2) is 12.7. The van der Waals surface area contributed by atoms with Gasteiger partial charge >= 0.3 is 5.69 Å². The molecule has 0 saturated carbocycles. The maximum Gasteiger partial charge on any atom is 0.329 e. The lowest BCUT2D eigenvalue weighted by atomic mass is 9.72. The molecule has 46 heavy (non-hydrogen) atoms. The van der Waals surface area contributed by atoms with Crippen molar-refractivity contribution < 1.29 is 9.59 Å². The Hall–Kier alpha value is -4.47. The van der Waals surface area contributed by atoms with Gasteiger partial charge in [0.25, 0.3) is 0 Å². The highest BCUT2D eigenvalue weighted by molar-refractivity contribution is 6.00. The van der Waals surface area contributed by atoms with Gasteiger partial charge in [0.05, 0.1) is 17.0 Å².